The number of carbonyl (C=O) groups excluding carboxylic acids is 1. The average molecular weight is 415 g/mol. The quantitative estimate of drug-likeness (QED) is 0.546. The molecule has 0 bridgehead atoms. The molecule has 1 amide bonds. The van der Waals surface area contributed by atoms with Crippen LogP contribution in [0.4, 0.5) is 5.69 Å². The Morgan fingerprint density at radius 2 is 1.43 bits per heavy atom. The molecule has 30 heavy (non-hydrogen) atoms. The van der Waals surface area contributed by atoms with E-state index in [-0.39, 0.29) is 16.9 Å². The van der Waals surface area contributed by atoms with E-state index >= 15 is 0 Å². The molecule has 0 saturated heterocycles. The van der Waals surface area contributed by atoms with Gasteiger partial charge in [-0.15, -0.1) is 0 Å². The van der Waals surface area contributed by atoms with Crippen LogP contribution in [0.5, 0.6) is 0 Å². The minimum absolute atomic E-state index is 0.156. The van der Waals surface area contributed by atoms with Gasteiger partial charge in [-0.25, -0.2) is 0 Å². The zero-order valence-electron chi connectivity index (χ0n) is 17.6. The second-order valence-corrected chi connectivity index (χ2v) is 9.05. The molecule has 0 aromatic heterocycles. The number of hydrogen-bond acceptors (Lipinski definition) is 2. The molecular weight excluding hydrogens is 388 g/mol. The highest BCUT2D eigenvalue weighted by molar-refractivity contribution is 7.80. The van der Waals surface area contributed by atoms with E-state index in [0.29, 0.717) is 10.7 Å². The summed E-state index contributed by atoms with van der Waals surface area (Å²) in [4.78, 5) is 14.8. The van der Waals surface area contributed by atoms with E-state index < -0.39 is 0 Å². The van der Waals surface area contributed by atoms with Gasteiger partial charge in [-0.2, -0.15) is 0 Å². The standard InChI is InChI=1S/C26H26N2OS/c1-25(2)18-26(3,20-14-8-5-9-15-20)21-16-10-11-17-22(21)28(25)24(30)27-23(29)19-12-6-4-7-13-19/h4-17H,18H2,1-3H3,(H,27,29,30)/t26-/m1/s1. The molecule has 4 rings (SSSR count). The number of hydrogen-bond donors (Lipinski definition) is 1. The highest BCUT2D eigenvalue weighted by Gasteiger charge is 2.46. The number of thiocarbonyl (C=S) groups is 1. The normalized spacial score (nSPS) is 19.6. The molecule has 1 atom stereocenters. The number of anilines is 1. The Kier molecular flexibility index (Phi) is 5.20. The third-order valence-electron chi connectivity index (χ3n) is 6.00. The predicted molar refractivity (Wildman–Crippen MR) is 127 cm³/mol. The number of nitrogens with zero attached hydrogens (tertiary/aromatic N) is 1. The minimum Gasteiger partial charge on any atom is -0.313 e. The number of carbonyl (C=O) groups is 1. The van der Waals surface area contributed by atoms with E-state index in [1.807, 2.05) is 30.3 Å². The highest BCUT2D eigenvalue weighted by atomic mass is 32.1. The summed E-state index contributed by atoms with van der Waals surface area (Å²) in [5, 5.41) is 3.38. The van der Waals surface area contributed by atoms with Crippen molar-refractivity contribution in [3.8, 4) is 0 Å². The largest absolute Gasteiger partial charge is 0.313 e. The lowest BCUT2D eigenvalue weighted by Gasteiger charge is -2.52. The fourth-order valence-electron chi connectivity index (χ4n) is 4.76. The Hall–Kier alpha value is -2.98. The monoisotopic (exact) mass is 414 g/mol. The third kappa shape index (κ3) is 3.52. The molecule has 1 aliphatic heterocycles. The summed E-state index contributed by atoms with van der Waals surface area (Å²) in [5.41, 5.74) is 3.68. The summed E-state index contributed by atoms with van der Waals surface area (Å²) in [5.74, 6) is -0.190. The van der Waals surface area contributed by atoms with E-state index in [1.165, 1.54) is 11.1 Å². The molecule has 0 radical (unpaired) electrons. The molecule has 0 spiro atoms. The molecule has 3 aromatic carbocycles. The van der Waals surface area contributed by atoms with Crippen LogP contribution in [0.15, 0.2) is 84.9 Å². The molecule has 0 fully saturated rings. The average Bonchev–Trinajstić information content (AvgIpc) is 2.74. The van der Waals surface area contributed by atoms with E-state index in [0.717, 1.165) is 12.1 Å². The van der Waals surface area contributed by atoms with Crippen LogP contribution in [0.3, 0.4) is 0 Å². The fraction of sp³-hybridized carbons (Fsp3) is 0.231. The van der Waals surface area contributed by atoms with Crippen molar-refractivity contribution in [2.75, 3.05) is 4.90 Å². The van der Waals surface area contributed by atoms with Crippen LogP contribution in [0.2, 0.25) is 0 Å². The van der Waals surface area contributed by atoms with Crippen molar-refractivity contribution in [1.82, 2.24) is 5.32 Å². The van der Waals surface area contributed by atoms with E-state index in [9.17, 15) is 4.79 Å². The maximum Gasteiger partial charge on any atom is 0.257 e. The van der Waals surface area contributed by atoms with Gasteiger partial charge < -0.3 is 4.90 Å². The number of benzene rings is 3. The number of rotatable bonds is 2. The maximum atomic E-state index is 12.7. The van der Waals surface area contributed by atoms with Crippen LogP contribution in [0.1, 0.15) is 48.7 Å². The van der Waals surface area contributed by atoms with Crippen LogP contribution in [0, 0.1) is 0 Å². The molecular formula is C26H26N2OS. The van der Waals surface area contributed by atoms with Crippen molar-refractivity contribution in [1.29, 1.82) is 0 Å². The Bertz CT molecular complexity index is 1080. The molecule has 0 aliphatic carbocycles. The van der Waals surface area contributed by atoms with Crippen molar-refractivity contribution < 1.29 is 4.79 Å². The van der Waals surface area contributed by atoms with E-state index in [1.54, 1.807) is 12.1 Å². The predicted octanol–water partition coefficient (Wildman–Crippen LogP) is 5.70. The number of fused-ring (bicyclic) bond motifs is 1. The number of amides is 1. The van der Waals surface area contributed by atoms with Crippen molar-refractivity contribution in [2.24, 2.45) is 0 Å². The summed E-state index contributed by atoms with van der Waals surface area (Å²) in [6.07, 6.45) is 0.863. The van der Waals surface area contributed by atoms with Gasteiger partial charge in [-0.1, -0.05) is 73.7 Å². The zero-order valence-corrected chi connectivity index (χ0v) is 18.4. The maximum absolute atomic E-state index is 12.7. The summed E-state index contributed by atoms with van der Waals surface area (Å²) in [6, 6.07) is 28.2. The minimum atomic E-state index is -0.292. The van der Waals surface area contributed by atoms with Crippen molar-refractivity contribution in [3.63, 3.8) is 0 Å². The molecule has 1 heterocycles. The van der Waals surface area contributed by atoms with Crippen LogP contribution in [0.25, 0.3) is 0 Å². The fourth-order valence-corrected chi connectivity index (χ4v) is 5.20. The molecule has 0 unspecified atom stereocenters. The lowest BCUT2D eigenvalue weighted by atomic mass is 9.65. The summed E-state index contributed by atoms with van der Waals surface area (Å²) >= 11 is 5.76. The van der Waals surface area contributed by atoms with E-state index in [2.05, 4.69) is 73.5 Å². The first kappa shape index (κ1) is 20.3. The molecule has 152 valence electrons. The molecule has 3 aromatic rings. The summed E-state index contributed by atoms with van der Waals surface area (Å²) in [7, 11) is 0. The van der Waals surface area contributed by atoms with Crippen molar-refractivity contribution in [2.45, 2.75) is 38.1 Å². The van der Waals surface area contributed by atoms with Crippen LogP contribution < -0.4 is 10.2 Å². The highest BCUT2D eigenvalue weighted by Crippen LogP contribution is 2.50. The van der Waals surface area contributed by atoms with Gasteiger partial charge in [0, 0.05) is 22.2 Å². The van der Waals surface area contributed by atoms with Gasteiger partial charge in [0.2, 0.25) is 0 Å². The first-order valence-corrected chi connectivity index (χ1v) is 10.6. The lowest BCUT2D eigenvalue weighted by molar-refractivity contribution is 0.0976. The molecule has 1 aliphatic rings. The Labute approximate surface area is 183 Å². The Balaban J connectivity index is 1.74. The van der Waals surface area contributed by atoms with Crippen molar-refractivity contribution in [3.05, 3.63) is 102 Å². The molecule has 1 N–H and O–H groups in total. The number of nitrogens with one attached hydrogen (secondary N) is 1. The SMILES string of the molecule is CC1(C)C[C@](C)(c2ccccc2)c2ccccc2N1C(=S)NC(=O)c1ccccc1. The van der Waals surface area contributed by atoms with Gasteiger partial charge in [0.05, 0.1) is 0 Å². The lowest BCUT2D eigenvalue weighted by Crippen LogP contribution is -2.59. The smallest absolute Gasteiger partial charge is 0.257 e. The molecule has 4 heteroatoms. The van der Waals surface area contributed by atoms with Gasteiger partial charge in [0.25, 0.3) is 5.91 Å². The van der Waals surface area contributed by atoms with Crippen LogP contribution >= 0.6 is 12.2 Å². The van der Waals surface area contributed by atoms with Gasteiger partial charge in [0.1, 0.15) is 0 Å². The first-order chi connectivity index (χ1) is 14.3. The molecule has 3 nitrogen and oxygen atoms in total. The van der Waals surface area contributed by atoms with Crippen LogP contribution in [-0.2, 0) is 5.41 Å². The van der Waals surface area contributed by atoms with Crippen LogP contribution in [-0.4, -0.2) is 16.6 Å². The van der Waals surface area contributed by atoms with Gasteiger partial charge >= 0.3 is 0 Å². The Morgan fingerprint density at radius 3 is 2.10 bits per heavy atom. The topological polar surface area (TPSA) is 32.3 Å². The first-order valence-electron chi connectivity index (χ1n) is 10.2. The number of para-hydroxylation sites is 1. The Morgan fingerprint density at radius 1 is 0.867 bits per heavy atom. The van der Waals surface area contributed by atoms with Gasteiger partial charge in [-0.05, 0) is 61.8 Å². The molecule has 0 saturated carbocycles. The van der Waals surface area contributed by atoms with Crippen molar-refractivity contribution >= 4 is 28.9 Å². The summed E-state index contributed by atoms with van der Waals surface area (Å²) < 4.78 is 0. The second-order valence-electron chi connectivity index (χ2n) is 8.67. The van der Waals surface area contributed by atoms with Gasteiger partial charge in [-0.3, -0.25) is 10.1 Å². The second kappa shape index (κ2) is 7.69. The van der Waals surface area contributed by atoms with E-state index in [4.69, 9.17) is 12.2 Å². The summed E-state index contributed by atoms with van der Waals surface area (Å²) in [6.45, 7) is 6.67. The zero-order chi connectivity index (χ0) is 21.4. The third-order valence-corrected chi connectivity index (χ3v) is 6.29. The van der Waals surface area contributed by atoms with Gasteiger partial charge in [0.15, 0.2) is 5.11 Å².